The van der Waals surface area contributed by atoms with Gasteiger partial charge in [-0.15, -0.1) is 0 Å². The molecule has 0 atom stereocenters. The summed E-state index contributed by atoms with van der Waals surface area (Å²) in [6, 6.07) is 8.97. The van der Waals surface area contributed by atoms with Crippen LogP contribution in [0.4, 0.5) is 5.69 Å². The van der Waals surface area contributed by atoms with Gasteiger partial charge in [-0.3, -0.25) is 4.68 Å². The Morgan fingerprint density at radius 3 is 3.00 bits per heavy atom. The zero-order valence-electron chi connectivity index (χ0n) is 9.10. The topological polar surface area (TPSA) is 75.8 Å². The molecule has 2 rings (SSSR count). The van der Waals surface area contributed by atoms with E-state index in [9.17, 15) is 0 Å². The molecule has 0 aliphatic heterocycles. The molecule has 0 aliphatic rings. The van der Waals surface area contributed by atoms with Crippen LogP contribution in [0.15, 0.2) is 47.8 Å². The number of benzene rings is 1. The van der Waals surface area contributed by atoms with Gasteiger partial charge in [0.1, 0.15) is 12.4 Å². The minimum Gasteiger partial charge on any atom is -0.491 e. The summed E-state index contributed by atoms with van der Waals surface area (Å²) in [7, 11) is 0. The van der Waals surface area contributed by atoms with E-state index >= 15 is 0 Å². The van der Waals surface area contributed by atoms with Crippen molar-refractivity contribution in [2.24, 2.45) is 5.11 Å². The van der Waals surface area contributed by atoms with Gasteiger partial charge < -0.3 is 4.74 Å². The number of azide groups is 1. The summed E-state index contributed by atoms with van der Waals surface area (Å²) in [5.74, 6) is 0.581. The van der Waals surface area contributed by atoms with Gasteiger partial charge in [-0.05, 0) is 23.7 Å². The van der Waals surface area contributed by atoms with Crippen LogP contribution in [0.1, 0.15) is 0 Å². The summed E-state index contributed by atoms with van der Waals surface area (Å²) >= 11 is 0. The molecule has 0 N–H and O–H groups in total. The molecule has 1 aromatic carbocycles. The molecule has 86 valence electrons. The monoisotopic (exact) mass is 229 g/mol. The second-order valence-electron chi connectivity index (χ2n) is 3.27. The minimum atomic E-state index is 0.472. The first-order valence-electron chi connectivity index (χ1n) is 5.14. The lowest BCUT2D eigenvalue weighted by Gasteiger charge is -2.08. The van der Waals surface area contributed by atoms with E-state index in [-0.39, 0.29) is 0 Å². The van der Waals surface area contributed by atoms with Crippen molar-refractivity contribution in [3.63, 3.8) is 0 Å². The summed E-state index contributed by atoms with van der Waals surface area (Å²) < 4.78 is 7.31. The fourth-order valence-corrected chi connectivity index (χ4v) is 1.39. The van der Waals surface area contributed by atoms with Gasteiger partial charge in [0.05, 0.1) is 12.2 Å². The number of hydrogen-bond acceptors (Lipinski definition) is 3. The molecular formula is C11H11N5O. The molecule has 0 amide bonds. The molecule has 0 unspecified atom stereocenters. The Morgan fingerprint density at radius 2 is 2.24 bits per heavy atom. The molecule has 0 aliphatic carbocycles. The summed E-state index contributed by atoms with van der Waals surface area (Å²) in [5.41, 5.74) is 8.90. The first-order valence-corrected chi connectivity index (χ1v) is 5.14. The third-order valence-corrected chi connectivity index (χ3v) is 2.15. The van der Waals surface area contributed by atoms with Gasteiger partial charge in [0.15, 0.2) is 0 Å². The number of ether oxygens (including phenoxy) is 1. The average molecular weight is 229 g/mol. The van der Waals surface area contributed by atoms with Crippen LogP contribution in [-0.2, 0) is 6.54 Å². The molecule has 1 aromatic heterocycles. The zero-order chi connectivity index (χ0) is 11.9. The van der Waals surface area contributed by atoms with Gasteiger partial charge in [-0.2, -0.15) is 5.10 Å². The highest BCUT2D eigenvalue weighted by Gasteiger charge is 2.00. The second-order valence-corrected chi connectivity index (χ2v) is 3.27. The van der Waals surface area contributed by atoms with E-state index < -0.39 is 0 Å². The Labute approximate surface area is 98.1 Å². The Bertz CT molecular complexity index is 516. The van der Waals surface area contributed by atoms with Crippen molar-refractivity contribution in [3.8, 4) is 5.75 Å². The Hall–Kier alpha value is -2.46. The van der Waals surface area contributed by atoms with Crippen LogP contribution in [0.3, 0.4) is 0 Å². The average Bonchev–Trinajstić information content (AvgIpc) is 2.85. The molecule has 1 heterocycles. The van der Waals surface area contributed by atoms with E-state index in [1.807, 2.05) is 18.3 Å². The number of hydrogen-bond donors (Lipinski definition) is 0. The van der Waals surface area contributed by atoms with E-state index in [0.717, 1.165) is 0 Å². The molecule has 0 saturated carbocycles. The lowest BCUT2D eigenvalue weighted by molar-refractivity contribution is 0.292. The van der Waals surface area contributed by atoms with Crippen LogP contribution < -0.4 is 4.74 Å². The lowest BCUT2D eigenvalue weighted by atomic mass is 10.3. The van der Waals surface area contributed by atoms with Crippen molar-refractivity contribution in [3.05, 3.63) is 53.2 Å². The maximum Gasteiger partial charge on any atom is 0.128 e. The SMILES string of the molecule is [N-]=[N+]=Nc1ccccc1OCCn1cccn1. The molecule has 2 aromatic rings. The highest BCUT2D eigenvalue weighted by atomic mass is 16.5. The van der Waals surface area contributed by atoms with E-state index in [1.165, 1.54) is 0 Å². The van der Waals surface area contributed by atoms with Crippen molar-refractivity contribution in [1.29, 1.82) is 0 Å². The van der Waals surface area contributed by atoms with Crippen molar-refractivity contribution in [1.82, 2.24) is 9.78 Å². The fraction of sp³-hybridized carbons (Fsp3) is 0.182. The predicted molar refractivity (Wildman–Crippen MR) is 63.0 cm³/mol. The van der Waals surface area contributed by atoms with Crippen LogP contribution in [0.25, 0.3) is 10.4 Å². The van der Waals surface area contributed by atoms with Crippen LogP contribution >= 0.6 is 0 Å². The smallest absolute Gasteiger partial charge is 0.128 e. The molecular weight excluding hydrogens is 218 g/mol. The minimum absolute atomic E-state index is 0.472. The third kappa shape index (κ3) is 2.99. The molecule has 0 fully saturated rings. The number of para-hydroxylation sites is 1. The first-order chi connectivity index (χ1) is 8.40. The second kappa shape index (κ2) is 5.58. The molecule has 0 bridgehead atoms. The molecule has 6 nitrogen and oxygen atoms in total. The first kappa shape index (κ1) is 11.0. The van der Waals surface area contributed by atoms with Crippen LogP contribution in [0.5, 0.6) is 5.75 Å². The summed E-state index contributed by atoms with van der Waals surface area (Å²) in [6.45, 7) is 1.12. The Morgan fingerprint density at radius 1 is 1.35 bits per heavy atom. The van der Waals surface area contributed by atoms with Crippen molar-refractivity contribution in [2.75, 3.05) is 6.61 Å². The quantitative estimate of drug-likeness (QED) is 0.449. The molecule has 0 spiro atoms. The number of aromatic nitrogens is 2. The van der Waals surface area contributed by atoms with E-state index in [0.29, 0.717) is 24.6 Å². The molecule has 17 heavy (non-hydrogen) atoms. The largest absolute Gasteiger partial charge is 0.491 e. The third-order valence-electron chi connectivity index (χ3n) is 2.15. The van der Waals surface area contributed by atoms with Crippen molar-refractivity contribution in [2.45, 2.75) is 6.54 Å². The predicted octanol–water partition coefficient (Wildman–Crippen LogP) is 2.90. The van der Waals surface area contributed by atoms with E-state index in [1.54, 1.807) is 29.1 Å². The van der Waals surface area contributed by atoms with Gasteiger partial charge in [-0.1, -0.05) is 17.2 Å². The van der Waals surface area contributed by atoms with Crippen LogP contribution in [0.2, 0.25) is 0 Å². The fourth-order valence-electron chi connectivity index (χ4n) is 1.39. The highest BCUT2D eigenvalue weighted by molar-refractivity contribution is 5.50. The number of nitrogens with zero attached hydrogens (tertiary/aromatic N) is 5. The normalized spacial score (nSPS) is 9.65. The molecule has 6 heteroatoms. The Kier molecular flexibility index (Phi) is 3.62. The summed E-state index contributed by atoms with van der Waals surface area (Å²) in [4.78, 5) is 2.75. The zero-order valence-corrected chi connectivity index (χ0v) is 9.10. The van der Waals surface area contributed by atoms with Crippen molar-refractivity contribution >= 4 is 5.69 Å². The van der Waals surface area contributed by atoms with Gasteiger partial charge in [0, 0.05) is 17.3 Å². The van der Waals surface area contributed by atoms with Crippen molar-refractivity contribution < 1.29 is 4.74 Å². The highest BCUT2D eigenvalue weighted by Crippen LogP contribution is 2.26. The molecule has 0 saturated heterocycles. The van der Waals surface area contributed by atoms with Gasteiger partial charge in [-0.25, -0.2) is 0 Å². The van der Waals surface area contributed by atoms with Crippen LogP contribution in [-0.4, -0.2) is 16.4 Å². The van der Waals surface area contributed by atoms with Gasteiger partial charge in [0.2, 0.25) is 0 Å². The van der Waals surface area contributed by atoms with E-state index in [4.69, 9.17) is 10.3 Å². The number of rotatable bonds is 5. The maximum atomic E-state index is 8.41. The van der Waals surface area contributed by atoms with E-state index in [2.05, 4.69) is 15.1 Å². The van der Waals surface area contributed by atoms with Crippen LogP contribution in [0, 0.1) is 0 Å². The standard InChI is InChI=1S/C11H11N5O/c12-15-14-10-4-1-2-5-11(10)17-9-8-16-7-3-6-13-16/h1-7H,8-9H2. The Balaban J connectivity index is 1.96. The van der Waals surface area contributed by atoms with Gasteiger partial charge >= 0.3 is 0 Å². The lowest BCUT2D eigenvalue weighted by Crippen LogP contribution is -2.08. The molecule has 0 radical (unpaired) electrons. The summed E-state index contributed by atoms with van der Waals surface area (Å²) in [5, 5.41) is 7.62. The maximum absolute atomic E-state index is 8.41. The van der Waals surface area contributed by atoms with Gasteiger partial charge in [0.25, 0.3) is 0 Å². The summed E-state index contributed by atoms with van der Waals surface area (Å²) in [6.07, 6.45) is 3.58.